The minimum Gasteiger partial charge on any atom is -0.322 e. The fraction of sp³-hybridized carbons (Fsp3) is 0.0476. The van der Waals surface area contributed by atoms with Crippen LogP contribution in [0.15, 0.2) is 72.8 Å². The van der Waals surface area contributed by atoms with E-state index in [0.29, 0.717) is 0 Å². The van der Waals surface area contributed by atoms with Crippen LogP contribution >= 0.6 is 0 Å². The van der Waals surface area contributed by atoms with Crippen LogP contribution in [0.1, 0.15) is 26.3 Å². The lowest BCUT2D eigenvalue weighted by Gasteiger charge is -2.16. The first-order chi connectivity index (χ1) is 13.7. The third-order valence-corrected chi connectivity index (χ3v) is 3.97. The molecule has 0 unspecified atom stereocenters. The molecular formula is C21H14F4N2O2. The summed E-state index contributed by atoms with van der Waals surface area (Å²) < 4.78 is 53.4. The molecule has 0 aliphatic heterocycles. The third kappa shape index (κ3) is 4.98. The van der Waals surface area contributed by atoms with Crippen LogP contribution in [-0.2, 0) is 6.18 Å². The van der Waals surface area contributed by atoms with Gasteiger partial charge in [-0.25, -0.2) is 4.39 Å². The quantitative estimate of drug-likeness (QED) is 0.578. The Morgan fingerprint density at radius 1 is 0.724 bits per heavy atom. The number of anilines is 2. The van der Waals surface area contributed by atoms with E-state index in [1.807, 2.05) is 0 Å². The molecule has 3 rings (SSSR count). The Morgan fingerprint density at radius 3 is 1.93 bits per heavy atom. The standard InChI is InChI=1S/C21H14F4N2O2/c22-15-8-6-14(7-9-15)19(28)26-16-10-11-18(17(12-16)21(23,24)25)27-20(29)13-4-2-1-3-5-13/h1-12H,(H,26,28)(H,27,29). The number of carbonyl (C=O) groups is 2. The number of amides is 2. The number of hydrogen-bond acceptors (Lipinski definition) is 2. The first-order valence-electron chi connectivity index (χ1n) is 8.38. The van der Waals surface area contributed by atoms with E-state index >= 15 is 0 Å². The Kier molecular flexibility index (Phi) is 5.63. The van der Waals surface area contributed by atoms with Gasteiger partial charge in [0.2, 0.25) is 0 Å². The molecule has 2 N–H and O–H groups in total. The summed E-state index contributed by atoms with van der Waals surface area (Å²) in [6.07, 6.45) is -4.77. The van der Waals surface area contributed by atoms with Gasteiger partial charge >= 0.3 is 6.18 Å². The highest BCUT2D eigenvalue weighted by molar-refractivity contribution is 6.06. The van der Waals surface area contributed by atoms with Crippen molar-refractivity contribution in [2.24, 2.45) is 0 Å². The molecule has 0 bridgehead atoms. The maximum Gasteiger partial charge on any atom is 0.418 e. The second-order valence-corrected chi connectivity index (χ2v) is 6.04. The number of carbonyl (C=O) groups excluding carboxylic acids is 2. The van der Waals surface area contributed by atoms with Crippen LogP contribution in [-0.4, -0.2) is 11.8 Å². The average Bonchev–Trinajstić information content (AvgIpc) is 2.69. The minimum absolute atomic E-state index is 0.0846. The second-order valence-electron chi connectivity index (χ2n) is 6.04. The van der Waals surface area contributed by atoms with E-state index in [0.717, 1.165) is 24.3 Å². The van der Waals surface area contributed by atoms with Crippen molar-refractivity contribution in [2.45, 2.75) is 6.18 Å². The van der Waals surface area contributed by atoms with Crippen LogP contribution in [0, 0.1) is 5.82 Å². The predicted octanol–water partition coefficient (Wildman–Crippen LogP) is 5.35. The molecule has 4 nitrogen and oxygen atoms in total. The predicted molar refractivity (Wildman–Crippen MR) is 100 cm³/mol. The number of rotatable bonds is 4. The Morgan fingerprint density at radius 2 is 1.31 bits per heavy atom. The Hall–Kier alpha value is -3.68. The smallest absolute Gasteiger partial charge is 0.322 e. The molecule has 0 saturated heterocycles. The summed E-state index contributed by atoms with van der Waals surface area (Å²) in [4.78, 5) is 24.3. The summed E-state index contributed by atoms with van der Waals surface area (Å²) in [6, 6.07) is 15.4. The highest BCUT2D eigenvalue weighted by Gasteiger charge is 2.34. The van der Waals surface area contributed by atoms with Crippen LogP contribution < -0.4 is 10.6 Å². The van der Waals surface area contributed by atoms with Gasteiger partial charge in [0.1, 0.15) is 5.82 Å². The summed E-state index contributed by atoms with van der Waals surface area (Å²) in [5.74, 6) is -1.93. The molecule has 29 heavy (non-hydrogen) atoms. The van der Waals surface area contributed by atoms with Crippen molar-refractivity contribution in [2.75, 3.05) is 10.6 Å². The molecule has 0 atom stereocenters. The summed E-state index contributed by atoms with van der Waals surface area (Å²) >= 11 is 0. The van der Waals surface area contributed by atoms with Crippen LogP contribution in [0.2, 0.25) is 0 Å². The SMILES string of the molecule is O=C(Nc1ccc(NC(=O)c2ccccc2)c(C(F)(F)F)c1)c1ccc(F)cc1. The minimum atomic E-state index is -4.77. The molecule has 3 aromatic carbocycles. The molecule has 148 valence electrons. The number of halogens is 4. The molecule has 0 saturated carbocycles. The van der Waals surface area contributed by atoms with Crippen molar-refractivity contribution in [3.63, 3.8) is 0 Å². The van der Waals surface area contributed by atoms with Gasteiger partial charge in [0.25, 0.3) is 11.8 Å². The molecule has 0 fully saturated rings. The number of hydrogen-bond donors (Lipinski definition) is 2. The Balaban J connectivity index is 1.85. The maximum absolute atomic E-state index is 13.5. The van der Waals surface area contributed by atoms with Gasteiger partial charge in [0, 0.05) is 16.8 Å². The molecule has 0 aliphatic carbocycles. The van der Waals surface area contributed by atoms with Crippen molar-refractivity contribution < 1.29 is 27.2 Å². The first kappa shape index (κ1) is 20.1. The van der Waals surface area contributed by atoms with E-state index in [1.165, 1.54) is 30.3 Å². The highest BCUT2D eigenvalue weighted by atomic mass is 19.4. The zero-order valence-corrected chi connectivity index (χ0v) is 14.8. The van der Waals surface area contributed by atoms with E-state index < -0.39 is 35.1 Å². The van der Waals surface area contributed by atoms with Gasteiger partial charge in [0.15, 0.2) is 0 Å². The van der Waals surface area contributed by atoms with Crippen molar-refractivity contribution in [1.82, 2.24) is 0 Å². The highest BCUT2D eigenvalue weighted by Crippen LogP contribution is 2.37. The number of alkyl halides is 3. The lowest BCUT2D eigenvalue weighted by atomic mass is 10.1. The summed E-state index contributed by atoms with van der Waals surface area (Å²) in [5.41, 5.74) is -1.38. The van der Waals surface area contributed by atoms with Gasteiger partial charge in [-0.3, -0.25) is 9.59 Å². The third-order valence-electron chi connectivity index (χ3n) is 3.97. The molecule has 0 heterocycles. The molecule has 0 spiro atoms. The van der Waals surface area contributed by atoms with Crippen molar-refractivity contribution in [1.29, 1.82) is 0 Å². The monoisotopic (exact) mass is 402 g/mol. The van der Waals surface area contributed by atoms with E-state index in [4.69, 9.17) is 0 Å². The summed E-state index contributed by atoms with van der Waals surface area (Å²) in [6.45, 7) is 0. The topological polar surface area (TPSA) is 58.2 Å². The van der Waals surface area contributed by atoms with Crippen molar-refractivity contribution in [3.05, 3.63) is 95.3 Å². The van der Waals surface area contributed by atoms with E-state index in [-0.39, 0.29) is 16.8 Å². The zero-order chi connectivity index (χ0) is 21.0. The number of benzene rings is 3. The molecule has 0 radical (unpaired) electrons. The molecule has 8 heteroatoms. The van der Waals surface area contributed by atoms with Crippen LogP contribution in [0.3, 0.4) is 0 Å². The van der Waals surface area contributed by atoms with Crippen molar-refractivity contribution >= 4 is 23.2 Å². The van der Waals surface area contributed by atoms with Gasteiger partial charge < -0.3 is 10.6 Å². The van der Waals surface area contributed by atoms with Gasteiger partial charge in [-0.1, -0.05) is 18.2 Å². The van der Waals surface area contributed by atoms with Gasteiger partial charge in [-0.2, -0.15) is 13.2 Å². The molecule has 2 amide bonds. The molecule has 0 aromatic heterocycles. The molecular weight excluding hydrogens is 388 g/mol. The fourth-order valence-electron chi connectivity index (χ4n) is 2.55. The average molecular weight is 402 g/mol. The normalized spacial score (nSPS) is 11.0. The van der Waals surface area contributed by atoms with Gasteiger partial charge in [0.05, 0.1) is 11.3 Å². The van der Waals surface area contributed by atoms with Gasteiger partial charge in [-0.15, -0.1) is 0 Å². The van der Waals surface area contributed by atoms with E-state index in [9.17, 15) is 27.2 Å². The lowest BCUT2D eigenvalue weighted by Crippen LogP contribution is -2.18. The zero-order valence-electron chi connectivity index (χ0n) is 14.8. The Bertz CT molecular complexity index is 1030. The van der Waals surface area contributed by atoms with Crippen LogP contribution in [0.25, 0.3) is 0 Å². The maximum atomic E-state index is 13.5. The van der Waals surface area contributed by atoms with Crippen LogP contribution in [0.5, 0.6) is 0 Å². The largest absolute Gasteiger partial charge is 0.418 e. The first-order valence-corrected chi connectivity index (χ1v) is 8.38. The number of nitrogens with one attached hydrogen (secondary N) is 2. The summed E-state index contributed by atoms with van der Waals surface area (Å²) in [5, 5.41) is 4.57. The summed E-state index contributed by atoms with van der Waals surface area (Å²) in [7, 11) is 0. The fourth-order valence-corrected chi connectivity index (χ4v) is 2.55. The second kappa shape index (κ2) is 8.14. The lowest BCUT2D eigenvalue weighted by molar-refractivity contribution is -0.136. The molecule has 0 aliphatic rings. The van der Waals surface area contributed by atoms with E-state index in [2.05, 4.69) is 10.6 Å². The Labute approximate surface area is 163 Å². The van der Waals surface area contributed by atoms with Gasteiger partial charge in [-0.05, 0) is 54.6 Å². The van der Waals surface area contributed by atoms with Crippen LogP contribution in [0.4, 0.5) is 28.9 Å². The van der Waals surface area contributed by atoms with Crippen molar-refractivity contribution in [3.8, 4) is 0 Å². The van der Waals surface area contributed by atoms with E-state index in [1.54, 1.807) is 18.2 Å². The molecule has 3 aromatic rings.